The number of hydrogen-bond donors (Lipinski definition) is 5. The van der Waals surface area contributed by atoms with Gasteiger partial charge in [0, 0.05) is 32.7 Å². The lowest BCUT2D eigenvalue weighted by molar-refractivity contribution is -0.135. The maximum Gasteiger partial charge on any atom is 0.329 e. The molecule has 1 saturated heterocycles. The van der Waals surface area contributed by atoms with Crippen molar-refractivity contribution in [2.75, 3.05) is 11.4 Å². The fraction of sp³-hybridized carbons (Fsp3) is 0.467. The number of aliphatic hydroxyl groups is 1. The number of imidazole rings is 1. The number of nitrogens with zero attached hydrogens (tertiary/aromatic N) is 3. The van der Waals surface area contributed by atoms with Gasteiger partial charge in [0.1, 0.15) is 18.3 Å². The summed E-state index contributed by atoms with van der Waals surface area (Å²) in [6, 6.07) is 17.8. The third-order valence-corrected chi connectivity index (χ3v) is 12.1. The number of hydrogen-bond acceptors (Lipinski definition) is 9. The highest BCUT2D eigenvalue weighted by atomic mass is 16.5. The SMILES string of the molecule is C[C@@H](OCc1ccc(CCCNC(O)CCc2ccc3c(c2)n(C)c(=O)n3C2CCC(=O)NC2=O)cc1)[C@H](CCC(N)=O)NC(=O)[C@@H]1Cc2cccc3c2N1C(=O)CCC3. The molecule has 2 unspecified atom stereocenters. The van der Waals surface area contributed by atoms with E-state index in [0.29, 0.717) is 56.3 Å². The quantitative estimate of drug-likeness (QED) is 0.0568. The van der Waals surface area contributed by atoms with Crippen molar-refractivity contribution in [2.24, 2.45) is 12.8 Å². The number of primary amides is 1. The van der Waals surface area contributed by atoms with Crippen molar-refractivity contribution in [3.8, 4) is 0 Å². The molecule has 15 heteroatoms. The van der Waals surface area contributed by atoms with Crippen LogP contribution in [0.3, 0.4) is 0 Å². The van der Waals surface area contributed by atoms with Crippen LogP contribution in [0.15, 0.2) is 65.5 Å². The van der Waals surface area contributed by atoms with Crippen LogP contribution in [0.2, 0.25) is 0 Å². The summed E-state index contributed by atoms with van der Waals surface area (Å²) in [7, 11) is 1.66. The zero-order chi connectivity index (χ0) is 42.5. The number of piperidine rings is 1. The Labute approximate surface area is 348 Å². The van der Waals surface area contributed by atoms with Crippen molar-refractivity contribution in [2.45, 2.75) is 121 Å². The first kappa shape index (κ1) is 42.5. The predicted octanol–water partition coefficient (Wildman–Crippen LogP) is 2.74. The van der Waals surface area contributed by atoms with E-state index in [-0.39, 0.29) is 42.7 Å². The van der Waals surface area contributed by atoms with Crippen LogP contribution in [-0.2, 0) is 68.0 Å². The maximum atomic E-state index is 13.8. The molecule has 60 heavy (non-hydrogen) atoms. The van der Waals surface area contributed by atoms with Gasteiger partial charge in [0.05, 0.1) is 35.5 Å². The summed E-state index contributed by atoms with van der Waals surface area (Å²) in [5.41, 5.74) is 12.5. The molecule has 0 bridgehead atoms. The van der Waals surface area contributed by atoms with E-state index < -0.39 is 42.3 Å². The highest BCUT2D eigenvalue weighted by molar-refractivity contribution is 6.04. The van der Waals surface area contributed by atoms with Crippen LogP contribution in [0.25, 0.3) is 11.0 Å². The van der Waals surface area contributed by atoms with Gasteiger partial charge in [-0.2, -0.15) is 0 Å². The molecule has 3 aliphatic heterocycles. The van der Waals surface area contributed by atoms with Gasteiger partial charge >= 0.3 is 5.69 Å². The smallest absolute Gasteiger partial charge is 0.329 e. The van der Waals surface area contributed by atoms with Crippen molar-refractivity contribution in [3.05, 3.63) is 99.0 Å². The van der Waals surface area contributed by atoms with E-state index in [1.165, 1.54) is 9.13 Å². The molecular weight excluding hydrogens is 767 g/mol. The Morgan fingerprint density at radius 1 is 0.933 bits per heavy atom. The Morgan fingerprint density at radius 2 is 1.68 bits per heavy atom. The lowest BCUT2D eigenvalue weighted by atomic mass is 10.0. The van der Waals surface area contributed by atoms with Gasteiger partial charge in [-0.3, -0.25) is 48.6 Å². The zero-order valence-corrected chi connectivity index (χ0v) is 34.3. The van der Waals surface area contributed by atoms with Crippen LogP contribution in [0.5, 0.6) is 0 Å². The molecular formula is C45H55N7O8. The van der Waals surface area contributed by atoms with E-state index >= 15 is 0 Å². The average molecular weight is 822 g/mol. The van der Waals surface area contributed by atoms with Gasteiger partial charge in [0.2, 0.25) is 29.5 Å². The fourth-order valence-electron chi connectivity index (χ4n) is 8.74. The number of aromatic nitrogens is 2. The van der Waals surface area contributed by atoms with Gasteiger partial charge in [0.25, 0.3) is 0 Å². The number of para-hydroxylation sites is 1. The van der Waals surface area contributed by atoms with Crippen LogP contribution in [-0.4, -0.2) is 74.7 Å². The van der Waals surface area contributed by atoms with Gasteiger partial charge in [-0.25, -0.2) is 4.79 Å². The number of carbonyl (C=O) groups is 5. The monoisotopic (exact) mass is 821 g/mol. The number of imide groups is 1. The van der Waals surface area contributed by atoms with Gasteiger partial charge in [-0.05, 0) is 105 Å². The van der Waals surface area contributed by atoms with Crippen molar-refractivity contribution >= 4 is 46.3 Å². The molecule has 1 aromatic heterocycles. The Kier molecular flexibility index (Phi) is 13.3. The second-order valence-corrected chi connectivity index (χ2v) is 16.3. The average Bonchev–Trinajstić information content (AvgIpc) is 3.68. The zero-order valence-electron chi connectivity index (χ0n) is 34.3. The van der Waals surface area contributed by atoms with Crippen molar-refractivity contribution in [1.82, 2.24) is 25.1 Å². The van der Waals surface area contributed by atoms with Gasteiger partial charge in [-0.15, -0.1) is 0 Å². The molecule has 3 aromatic carbocycles. The third-order valence-electron chi connectivity index (χ3n) is 12.1. The van der Waals surface area contributed by atoms with Gasteiger partial charge in [0.15, 0.2) is 0 Å². The second kappa shape index (κ2) is 18.7. The number of carbonyl (C=O) groups excluding carboxylic acids is 5. The summed E-state index contributed by atoms with van der Waals surface area (Å²) >= 11 is 0. The predicted molar refractivity (Wildman–Crippen MR) is 225 cm³/mol. The van der Waals surface area contributed by atoms with E-state index in [9.17, 15) is 33.9 Å². The van der Waals surface area contributed by atoms with Crippen molar-refractivity contribution in [1.29, 1.82) is 0 Å². The van der Waals surface area contributed by atoms with Crippen LogP contribution >= 0.6 is 0 Å². The first-order valence-corrected chi connectivity index (χ1v) is 21.0. The molecule has 318 valence electrons. The molecule has 15 nitrogen and oxygen atoms in total. The summed E-state index contributed by atoms with van der Waals surface area (Å²) in [5.74, 6) is -1.58. The van der Waals surface area contributed by atoms with E-state index in [2.05, 4.69) is 16.0 Å². The maximum absolute atomic E-state index is 13.8. The Bertz CT molecular complexity index is 2320. The highest BCUT2D eigenvalue weighted by Crippen LogP contribution is 2.39. The highest BCUT2D eigenvalue weighted by Gasteiger charge is 2.41. The molecule has 6 N–H and O–H groups in total. The summed E-state index contributed by atoms with van der Waals surface area (Å²) < 4.78 is 9.20. The fourth-order valence-corrected chi connectivity index (χ4v) is 8.74. The van der Waals surface area contributed by atoms with Gasteiger partial charge < -0.3 is 20.9 Å². The lowest BCUT2D eigenvalue weighted by Gasteiger charge is -2.29. The Hall–Kier alpha value is -5.64. The molecule has 4 heterocycles. The van der Waals surface area contributed by atoms with E-state index in [4.69, 9.17) is 10.5 Å². The van der Waals surface area contributed by atoms with Crippen LogP contribution in [0, 0.1) is 0 Å². The number of benzene rings is 3. The van der Waals surface area contributed by atoms with Crippen LogP contribution in [0.1, 0.15) is 92.1 Å². The molecule has 5 amide bonds. The number of rotatable bonds is 18. The lowest BCUT2D eigenvalue weighted by Crippen LogP contribution is -2.53. The summed E-state index contributed by atoms with van der Waals surface area (Å²) in [4.78, 5) is 77.6. The molecule has 0 aliphatic carbocycles. The summed E-state index contributed by atoms with van der Waals surface area (Å²) in [6.45, 7) is 2.78. The standard InChI is InChI=1S/C45H55N7O8/c1-27(33(17-20-38(46)53)48-44(58)37-25-32-9-3-7-31-8-4-10-41(56)52(37)42(31)32)60-26-30-13-11-28(12-14-30)6-5-23-47-39(54)21-16-29-15-18-34-36(24-29)50(2)45(59)51(34)35-19-22-40(55)49-43(35)57/h3,7,9,11-15,18,24,27,33,35,37,39,47,54H,4-6,8,10,16-17,19-23,25-26H2,1-2H3,(H2,46,53)(H,48,58)(H,49,55,57)/t27-,33+,35?,37+,39?/m1/s1. The molecule has 0 radical (unpaired) electrons. The largest absolute Gasteiger partial charge is 0.379 e. The van der Waals surface area contributed by atoms with Gasteiger partial charge in [-0.1, -0.05) is 48.5 Å². The van der Waals surface area contributed by atoms with E-state index in [0.717, 1.165) is 59.2 Å². The molecule has 0 saturated carbocycles. The van der Waals surface area contributed by atoms with E-state index in [1.54, 1.807) is 11.9 Å². The first-order chi connectivity index (χ1) is 28.9. The minimum atomic E-state index is -0.737. The number of aryl methyl sites for hydroxylation is 4. The molecule has 1 fully saturated rings. The molecule has 4 aromatic rings. The van der Waals surface area contributed by atoms with E-state index in [1.807, 2.05) is 67.6 Å². The normalized spacial score (nSPS) is 19.1. The number of anilines is 1. The molecule has 5 atom stereocenters. The molecule has 7 rings (SSSR count). The Morgan fingerprint density at radius 3 is 2.45 bits per heavy atom. The number of amides is 5. The number of fused-ring (bicyclic) bond motifs is 1. The summed E-state index contributed by atoms with van der Waals surface area (Å²) in [5, 5.41) is 19.3. The number of nitrogens with two attached hydrogens (primary N) is 1. The minimum absolute atomic E-state index is 0.0462. The molecule has 3 aliphatic rings. The second-order valence-electron chi connectivity index (χ2n) is 16.3. The number of nitrogens with one attached hydrogen (secondary N) is 3. The first-order valence-electron chi connectivity index (χ1n) is 21.0. The van der Waals surface area contributed by atoms with Crippen LogP contribution < -0.4 is 32.3 Å². The topological polar surface area (TPSA) is 207 Å². The molecule has 0 spiro atoms. The summed E-state index contributed by atoms with van der Waals surface area (Å²) in [6.07, 6.45) is 4.75. The van der Waals surface area contributed by atoms with Crippen molar-refractivity contribution < 1.29 is 33.8 Å². The van der Waals surface area contributed by atoms with Crippen LogP contribution in [0.4, 0.5) is 5.69 Å². The third kappa shape index (κ3) is 9.53. The number of ether oxygens (including phenoxy) is 1. The minimum Gasteiger partial charge on any atom is -0.379 e. The Balaban J connectivity index is 0.851. The van der Waals surface area contributed by atoms with Crippen molar-refractivity contribution in [3.63, 3.8) is 0 Å². The number of aliphatic hydroxyl groups excluding tert-OH is 1.